The van der Waals surface area contributed by atoms with Crippen LogP contribution in [0.2, 0.25) is 0 Å². The second-order valence-electron chi connectivity index (χ2n) is 4.47. The van der Waals surface area contributed by atoms with Crippen LogP contribution in [0.15, 0.2) is 16.7 Å². The van der Waals surface area contributed by atoms with E-state index in [0.29, 0.717) is 18.2 Å². The second-order valence-corrected chi connectivity index (χ2v) is 4.47. The Morgan fingerprint density at radius 1 is 1.59 bits per heavy atom. The summed E-state index contributed by atoms with van der Waals surface area (Å²) in [5.41, 5.74) is 2.96. The van der Waals surface area contributed by atoms with E-state index in [9.17, 15) is 4.79 Å². The molecule has 5 nitrogen and oxygen atoms in total. The molecule has 0 fully saturated rings. The molecule has 17 heavy (non-hydrogen) atoms. The molecule has 1 aromatic heterocycles. The molecule has 0 aliphatic carbocycles. The van der Waals surface area contributed by atoms with E-state index in [2.05, 4.69) is 31.1 Å². The number of amides is 1. The summed E-state index contributed by atoms with van der Waals surface area (Å²) in [6.07, 6.45) is 1.52. The van der Waals surface area contributed by atoms with Gasteiger partial charge in [0.1, 0.15) is 0 Å². The standard InChI is InChI=1S/C12H21N3O2/c1-4-15(7-9(2)3)8-10-5-6-17-11(10)12(16)14-13/h5-6,9H,4,7-8,13H2,1-3H3,(H,14,16). The van der Waals surface area contributed by atoms with E-state index in [1.54, 1.807) is 0 Å². The van der Waals surface area contributed by atoms with Gasteiger partial charge in [-0.25, -0.2) is 5.84 Å². The molecule has 0 spiro atoms. The van der Waals surface area contributed by atoms with Gasteiger partial charge in [-0.15, -0.1) is 0 Å². The number of hydrogen-bond acceptors (Lipinski definition) is 4. The molecule has 0 aliphatic rings. The van der Waals surface area contributed by atoms with Gasteiger partial charge in [0.05, 0.1) is 6.26 Å². The number of nitrogens with zero attached hydrogens (tertiary/aromatic N) is 1. The molecule has 0 atom stereocenters. The summed E-state index contributed by atoms with van der Waals surface area (Å²) >= 11 is 0. The Bertz CT molecular complexity index is 360. The van der Waals surface area contributed by atoms with Crippen LogP contribution in [0.25, 0.3) is 0 Å². The van der Waals surface area contributed by atoms with Crippen molar-refractivity contribution in [3.05, 3.63) is 23.7 Å². The van der Waals surface area contributed by atoms with Crippen LogP contribution in [0.3, 0.4) is 0 Å². The van der Waals surface area contributed by atoms with Crippen molar-refractivity contribution in [1.29, 1.82) is 0 Å². The fourth-order valence-corrected chi connectivity index (χ4v) is 1.79. The molecule has 5 heteroatoms. The Hall–Kier alpha value is -1.33. The number of nitrogens with one attached hydrogen (secondary N) is 1. The van der Waals surface area contributed by atoms with E-state index in [-0.39, 0.29) is 5.91 Å². The lowest BCUT2D eigenvalue weighted by Crippen LogP contribution is -2.32. The van der Waals surface area contributed by atoms with Crippen molar-refractivity contribution in [2.45, 2.75) is 27.3 Å². The number of carbonyl (C=O) groups excluding carboxylic acids is 1. The molecule has 0 saturated carbocycles. The molecule has 0 unspecified atom stereocenters. The molecule has 0 saturated heterocycles. The number of carbonyl (C=O) groups is 1. The van der Waals surface area contributed by atoms with Crippen LogP contribution in [0.5, 0.6) is 0 Å². The van der Waals surface area contributed by atoms with Crippen molar-refractivity contribution in [3.8, 4) is 0 Å². The van der Waals surface area contributed by atoms with Gasteiger partial charge in [-0.1, -0.05) is 20.8 Å². The van der Waals surface area contributed by atoms with Crippen molar-refractivity contribution in [1.82, 2.24) is 10.3 Å². The highest BCUT2D eigenvalue weighted by molar-refractivity contribution is 5.92. The van der Waals surface area contributed by atoms with Gasteiger partial charge in [0.15, 0.2) is 5.76 Å². The van der Waals surface area contributed by atoms with Crippen LogP contribution in [0.4, 0.5) is 0 Å². The minimum absolute atomic E-state index is 0.301. The average Bonchev–Trinajstić information content (AvgIpc) is 2.74. The normalized spacial score (nSPS) is 11.2. The molecule has 96 valence electrons. The summed E-state index contributed by atoms with van der Waals surface area (Å²) in [5, 5.41) is 0. The average molecular weight is 239 g/mol. The zero-order valence-corrected chi connectivity index (χ0v) is 10.7. The third-order valence-electron chi connectivity index (χ3n) is 2.55. The van der Waals surface area contributed by atoms with Crippen molar-refractivity contribution >= 4 is 5.91 Å². The fraction of sp³-hybridized carbons (Fsp3) is 0.583. The maximum Gasteiger partial charge on any atom is 0.301 e. The largest absolute Gasteiger partial charge is 0.459 e. The Morgan fingerprint density at radius 3 is 2.82 bits per heavy atom. The third-order valence-corrected chi connectivity index (χ3v) is 2.55. The number of nitrogens with two attached hydrogens (primary N) is 1. The van der Waals surface area contributed by atoms with E-state index in [0.717, 1.165) is 18.7 Å². The number of furan rings is 1. The molecule has 0 aromatic carbocycles. The van der Waals surface area contributed by atoms with Gasteiger partial charge in [-0.05, 0) is 18.5 Å². The Morgan fingerprint density at radius 2 is 2.29 bits per heavy atom. The molecule has 0 bridgehead atoms. The zero-order chi connectivity index (χ0) is 12.8. The van der Waals surface area contributed by atoms with Gasteiger partial charge >= 0.3 is 5.91 Å². The first-order valence-corrected chi connectivity index (χ1v) is 5.88. The van der Waals surface area contributed by atoms with Gasteiger partial charge in [0.25, 0.3) is 0 Å². The maximum absolute atomic E-state index is 11.4. The highest BCUT2D eigenvalue weighted by atomic mass is 16.3. The Kier molecular flexibility index (Phi) is 5.18. The van der Waals surface area contributed by atoms with Gasteiger partial charge in [0.2, 0.25) is 0 Å². The van der Waals surface area contributed by atoms with E-state index in [1.807, 2.05) is 6.07 Å². The minimum atomic E-state index is -0.384. The Labute approximate surface area is 102 Å². The van der Waals surface area contributed by atoms with Crippen LogP contribution < -0.4 is 11.3 Å². The SMILES string of the molecule is CCN(Cc1ccoc1C(=O)NN)CC(C)C. The summed E-state index contributed by atoms with van der Waals surface area (Å²) < 4.78 is 5.15. The Balaban J connectivity index is 2.72. The molecule has 3 N–H and O–H groups in total. The number of hydrogen-bond donors (Lipinski definition) is 2. The number of hydrazine groups is 1. The summed E-state index contributed by atoms with van der Waals surface area (Å²) in [6, 6.07) is 1.81. The van der Waals surface area contributed by atoms with E-state index in [4.69, 9.17) is 10.3 Å². The lowest BCUT2D eigenvalue weighted by molar-refractivity contribution is 0.0923. The van der Waals surface area contributed by atoms with Crippen LogP contribution >= 0.6 is 0 Å². The highest BCUT2D eigenvalue weighted by Gasteiger charge is 2.16. The van der Waals surface area contributed by atoms with Gasteiger partial charge in [-0.2, -0.15) is 0 Å². The summed E-state index contributed by atoms with van der Waals surface area (Å²) in [7, 11) is 0. The molecule has 0 aliphatic heterocycles. The lowest BCUT2D eigenvalue weighted by atomic mass is 10.1. The van der Waals surface area contributed by atoms with Gasteiger partial charge < -0.3 is 4.42 Å². The minimum Gasteiger partial charge on any atom is -0.459 e. The molecular formula is C12H21N3O2. The van der Waals surface area contributed by atoms with Crippen LogP contribution in [-0.4, -0.2) is 23.9 Å². The van der Waals surface area contributed by atoms with Crippen molar-refractivity contribution in [3.63, 3.8) is 0 Å². The smallest absolute Gasteiger partial charge is 0.301 e. The topological polar surface area (TPSA) is 71.5 Å². The first-order chi connectivity index (χ1) is 8.08. The molecule has 1 heterocycles. The maximum atomic E-state index is 11.4. The molecule has 1 aromatic rings. The summed E-state index contributed by atoms with van der Waals surface area (Å²) in [5.74, 6) is 5.61. The zero-order valence-electron chi connectivity index (χ0n) is 10.7. The molecular weight excluding hydrogens is 218 g/mol. The monoisotopic (exact) mass is 239 g/mol. The first kappa shape index (κ1) is 13.7. The van der Waals surface area contributed by atoms with Crippen molar-refractivity contribution in [2.75, 3.05) is 13.1 Å². The summed E-state index contributed by atoms with van der Waals surface area (Å²) in [4.78, 5) is 13.7. The molecule has 1 rings (SSSR count). The predicted octanol–water partition coefficient (Wildman–Crippen LogP) is 1.36. The first-order valence-electron chi connectivity index (χ1n) is 5.88. The quantitative estimate of drug-likeness (QED) is 0.447. The summed E-state index contributed by atoms with van der Waals surface area (Å²) in [6.45, 7) is 9.08. The lowest BCUT2D eigenvalue weighted by Gasteiger charge is -2.22. The number of rotatable bonds is 6. The van der Waals surface area contributed by atoms with Crippen molar-refractivity contribution < 1.29 is 9.21 Å². The van der Waals surface area contributed by atoms with Gasteiger partial charge in [-0.3, -0.25) is 15.1 Å². The van der Waals surface area contributed by atoms with Crippen molar-refractivity contribution in [2.24, 2.45) is 11.8 Å². The van der Waals surface area contributed by atoms with Gasteiger partial charge in [0, 0.05) is 18.7 Å². The van der Waals surface area contributed by atoms with Crippen LogP contribution in [-0.2, 0) is 6.54 Å². The predicted molar refractivity (Wildman–Crippen MR) is 66.2 cm³/mol. The van der Waals surface area contributed by atoms with Crippen LogP contribution in [0, 0.1) is 5.92 Å². The molecule has 1 amide bonds. The highest BCUT2D eigenvalue weighted by Crippen LogP contribution is 2.14. The van der Waals surface area contributed by atoms with E-state index in [1.165, 1.54) is 6.26 Å². The van der Waals surface area contributed by atoms with E-state index < -0.39 is 0 Å². The fourth-order valence-electron chi connectivity index (χ4n) is 1.79. The third kappa shape index (κ3) is 3.87. The number of nitrogen functional groups attached to an aromatic ring is 1. The van der Waals surface area contributed by atoms with E-state index >= 15 is 0 Å². The molecule has 0 radical (unpaired) electrons. The second kappa shape index (κ2) is 6.42. The van der Waals surface area contributed by atoms with Crippen LogP contribution in [0.1, 0.15) is 36.9 Å².